The van der Waals surface area contributed by atoms with E-state index in [0.29, 0.717) is 11.4 Å². The molecule has 0 radical (unpaired) electrons. The topological polar surface area (TPSA) is 38.0 Å². The van der Waals surface area contributed by atoms with Crippen LogP contribution in [0.1, 0.15) is 41.8 Å². The summed E-state index contributed by atoms with van der Waals surface area (Å²) in [6.07, 6.45) is 0.792. The lowest BCUT2D eigenvalue weighted by Crippen LogP contribution is -2.08. The minimum absolute atomic E-state index is 0.515. The lowest BCUT2D eigenvalue weighted by atomic mass is 10.1. The van der Waals surface area contributed by atoms with Crippen LogP contribution in [0.4, 0.5) is 0 Å². The third kappa shape index (κ3) is 2.96. The van der Waals surface area contributed by atoms with Crippen molar-refractivity contribution in [3.05, 3.63) is 36.7 Å². The minimum Gasteiger partial charge on any atom is -0.387 e. The lowest BCUT2D eigenvalue weighted by Gasteiger charge is -2.11. The summed E-state index contributed by atoms with van der Waals surface area (Å²) >= 11 is 11.3. The van der Waals surface area contributed by atoms with Crippen LogP contribution in [-0.2, 0) is 19.4 Å². The summed E-state index contributed by atoms with van der Waals surface area (Å²) in [7, 11) is 0. The van der Waals surface area contributed by atoms with Gasteiger partial charge in [0.15, 0.2) is 0 Å². The zero-order chi connectivity index (χ0) is 14.9. The molecule has 0 saturated carbocycles. The van der Waals surface area contributed by atoms with E-state index in [1.54, 1.807) is 0 Å². The molecule has 1 atom stereocenters. The highest BCUT2D eigenvalue weighted by Crippen LogP contribution is 2.35. The summed E-state index contributed by atoms with van der Waals surface area (Å²) in [6, 6.07) is 0. The minimum atomic E-state index is -0.593. The van der Waals surface area contributed by atoms with E-state index in [1.807, 2.05) is 17.0 Å². The van der Waals surface area contributed by atoms with Crippen molar-refractivity contribution in [1.82, 2.24) is 9.78 Å². The molecule has 0 aromatic carbocycles. The van der Waals surface area contributed by atoms with E-state index in [1.165, 1.54) is 11.3 Å². The van der Waals surface area contributed by atoms with E-state index in [4.69, 9.17) is 11.6 Å². The van der Waals surface area contributed by atoms with Crippen LogP contribution < -0.4 is 0 Å². The Morgan fingerprint density at radius 2 is 2.20 bits per heavy atom. The molecule has 2 heterocycles. The number of halogens is 2. The van der Waals surface area contributed by atoms with Gasteiger partial charge in [-0.3, -0.25) is 4.68 Å². The molecule has 0 bridgehead atoms. The number of rotatable bonds is 5. The first-order valence-corrected chi connectivity index (χ1v) is 8.70. The van der Waals surface area contributed by atoms with Gasteiger partial charge in [-0.15, -0.1) is 11.3 Å². The van der Waals surface area contributed by atoms with Gasteiger partial charge in [-0.05, 0) is 47.1 Å². The number of thiophene rings is 1. The van der Waals surface area contributed by atoms with Crippen molar-refractivity contribution >= 4 is 38.9 Å². The van der Waals surface area contributed by atoms with Crippen molar-refractivity contribution in [2.24, 2.45) is 0 Å². The van der Waals surface area contributed by atoms with E-state index < -0.39 is 6.10 Å². The second-order valence-electron chi connectivity index (χ2n) is 4.69. The molecule has 0 amide bonds. The fourth-order valence-corrected chi connectivity index (χ4v) is 4.19. The summed E-state index contributed by atoms with van der Waals surface area (Å²) in [5.41, 5.74) is 3.07. The summed E-state index contributed by atoms with van der Waals surface area (Å²) in [6.45, 7) is 6.87. The van der Waals surface area contributed by atoms with Crippen LogP contribution in [0.3, 0.4) is 0 Å². The highest BCUT2D eigenvalue weighted by Gasteiger charge is 2.21. The Kier molecular flexibility index (Phi) is 5.29. The van der Waals surface area contributed by atoms with Crippen LogP contribution in [0, 0.1) is 6.92 Å². The Morgan fingerprint density at radius 3 is 2.70 bits per heavy atom. The van der Waals surface area contributed by atoms with Crippen LogP contribution in [0.15, 0.2) is 9.85 Å². The molecule has 6 heteroatoms. The molecule has 0 aliphatic heterocycles. The molecule has 110 valence electrons. The van der Waals surface area contributed by atoms with E-state index >= 15 is 0 Å². The maximum Gasteiger partial charge on any atom is 0.0952 e. The Balaban J connectivity index is 2.30. The molecular weight excluding hydrogens is 360 g/mol. The number of hydrogen-bond donors (Lipinski definition) is 1. The molecule has 3 nitrogen and oxygen atoms in total. The Hall–Kier alpha value is -0.360. The van der Waals surface area contributed by atoms with Crippen molar-refractivity contribution in [3.8, 4) is 0 Å². The molecule has 0 spiro atoms. The number of hydrogen-bond acceptors (Lipinski definition) is 3. The molecule has 2 rings (SSSR count). The smallest absolute Gasteiger partial charge is 0.0952 e. The SMILES string of the molecule is CCc1nn(CC)c(CC(O)c2scc(C)c2Cl)c1Br. The Labute approximate surface area is 136 Å². The van der Waals surface area contributed by atoms with Gasteiger partial charge >= 0.3 is 0 Å². The number of aromatic nitrogens is 2. The zero-order valence-corrected chi connectivity index (χ0v) is 14.9. The van der Waals surface area contributed by atoms with Crippen LogP contribution in [0.25, 0.3) is 0 Å². The van der Waals surface area contributed by atoms with Crippen LogP contribution in [0.2, 0.25) is 5.02 Å². The monoisotopic (exact) mass is 376 g/mol. The molecule has 20 heavy (non-hydrogen) atoms. The molecule has 0 aliphatic carbocycles. The molecule has 1 unspecified atom stereocenters. The fraction of sp³-hybridized carbons (Fsp3) is 0.500. The molecule has 0 fully saturated rings. The van der Waals surface area contributed by atoms with E-state index in [2.05, 4.69) is 34.9 Å². The largest absolute Gasteiger partial charge is 0.387 e. The quantitative estimate of drug-likeness (QED) is 0.831. The number of aliphatic hydroxyl groups is 1. The second kappa shape index (κ2) is 6.60. The van der Waals surface area contributed by atoms with Gasteiger partial charge in [0, 0.05) is 13.0 Å². The van der Waals surface area contributed by atoms with Crippen LogP contribution >= 0.6 is 38.9 Å². The molecular formula is C14H18BrClN2OS. The molecule has 0 saturated heterocycles. The molecule has 2 aromatic heterocycles. The summed E-state index contributed by atoms with van der Waals surface area (Å²) < 4.78 is 2.95. The fourth-order valence-electron chi connectivity index (χ4n) is 2.16. The predicted molar refractivity (Wildman–Crippen MR) is 87.7 cm³/mol. The van der Waals surface area contributed by atoms with Crippen molar-refractivity contribution in [2.75, 3.05) is 0 Å². The van der Waals surface area contributed by atoms with E-state index in [-0.39, 0.29) is 0 Å². The predicted octanol–water partition coefficient (Wildman–Crippen LogP) is 4.53. The highest BCUT2D eigenvalue weighted by atomic mass is 79.9. The third-order valence-electron chi connectivity index (χ3n) is 3.31. The summed E-state index contributed by atoms with van der Waals surface area (Å²) in [5.74, 6) is 0. The lowest BCUT2D eigenvalue weighted by molar-refractivity contribution is 0.179. The summed E-state index contributed by atoms with van der Waals surface area (Å²) in [5, 5.41) is 17.7. The maximum absolute atomic E-state index is 10.5. The first kappa shape index (κ1) is 16.0. The Bertz CT molecular complexity index is 609. The maximum atomic E-state index is 10.5. The number of nitrogens with zero attached hydrogens (tertiary/aromatic N) is 2. The number of aryl methyl sites for hydroxylation is 3. The third-order valence-corrected chi connectivity index (χ3v) is 6.04. The standard InChI is InChI=1S/C14H18BrClN2OS/c1-4-9-12(15)10(18(5-2)17-9)6-11(19)14-13(16)8(3)7-20-14/h7,11,19H,4-6H2,1-3H3. The first-order valence-electron chi connectivity index (χ1n) is 6.65. The van der Waals surface area contributed by atoms with Crippen molar-refractivity contribution < 1.29 is 5.11 Å². The molecule has 0 aliphatic rings. The van der Waals surface area contributed by atoms with Crippen molar-refractivity contribution in [3.63, 3.8) is 0 Å². The van der Waals surface area contributed by atoms with Gasteiger partial charge < -0.3 is 5.11 Å². The van der Waals surface area contributed by atoms with Crippen LogP contribution in [-0.4, -0.2) is 14.9 Å². The van der Waals surface area contributed by atoms with E-state index in [0.717, 1.165) is 39.3 Å². The van der Waals surface area contributed by atoms with Gasteiger partial charge in [0.2, 0.25) is 0 Å². The van der Waals surface area contributed by atoms with Crippen molar-refractivity contribution in [2.45, 2.75) is 46.3 Å². The zero-order valence-electron chi connectivity index (χ0n) is 11.8. The second-order valence-corrected chi connectivity index (χ2v) is 6.78. The Morgan fingerprint density at radius 1 is 1.50 bits per heavy atom. The molecule has 2 aromatic rings. The average molecular weight is 378 g/mol. The highest BCUT2D eigenvalue weighted by molar-refractivity contribution is 9.10. The van der Waals surface area contributed by atoms with Gasteiger partial charge in [0.05, 0.1) is 31.9 Å². The number of aliphatic hydroxyl groups excluding tert-OH is 1. The van der Waals surface area contributed by atoms with Crippen LogP contribution in [0.5, 0.6) is 0 Å². The first-order chi connectivity index (χ1) is 9.49. The van der Waals surface area contributed by atoms with Gasteiger partial charge in [0.1, 0.15) is 0 Å². The van der Waals surface area contributed by atoms with Gasteiger partial charge in [-0.1, -0.05) is 18.5 Å². The van der Waals surface area contributed by atoms with Gasteiger partial charge in [-0.25, -0.2) is 0 Å². The van der Waals surface area contributed by atoms with Gasteiger partial charge in [-0.2, -0.15) is 5.10 Å². The average Bonchev–Trinajstić information content (AvgIpc) is 2.92. The van der Waals surface area contributed by atoms with Gasteiger partial charge in [0.25, 0.3) is 0 Å². The normalized spacial score (nSPS) is 12.9. The van der Waals surface area contributed by atoms with E-state index in [9.17, 15) is 5.11 Å². The van der Waals surface area contributed by atoms with Crippen molar-refractivity contribution in [1.29, 1.82) is 0 Å². The molecule has 1 N–H and O–H groups in total. The summed E-state index contributed by atoms with van der Waals surface area (Å²) in [4.78, 5) is 0.831.